The van der Waals surface area contributed by atoms with E-state index in [2.05, 4.69) is 41.0 Å². The summed E-state index contributed by atoms with van der Waals surface area (Å²) in [6.07, 6.45) is 3.04. The Bertz CT molecular complexity index is 669. The average Bonchev–Trinajstić information content (AvgIpc) is 3.08. The van der Waals surface area contributed by atoms with E-state index in [1.807, 2.05) is 11.6 Å². The van der Waals surface area contributed by atoms with E-state index >= 15 is 0 Å². The van der Waals surface area contributed by atoms with Crippen molar-refractivity contribution in [2.45, 2.75) is 46.1 Å². The zero-order valence-electron chi connectivity index (χ0n) is 13.6. The topological polar surface area (TPSA) is 90.9 Å². The van der Waals surface area contributed by atoms with Crippen LogP contribution in [0.4, 0.5) is 5.82 Å². The highest BCUT2D eigenvalue weighted by atomic mass is 16.5. The number of nitrogens with zero attached hydrogens (tertiary/aromatic N) is 4. The Hall–Kier alpha value is -1.73. The third kappa shape index (κ3) is 2.24. The van der Waals surface area contributed by atoms with Gasteiger partial charge in [-0.15, -0.1) is 0 Å². The molecule has 0 unspecified atom stereocenters. The van der Waals surface area contributed by atoms with Crippen LogP contribution in [0.2, 0.25) is 0 Å². The quantitative estimate of drug-likeness (QED) is 0.896. The maximum Gasteiger partial charge on any atom is 0.167 e. The lowest BCUT2D eigenvalue weighted by Gasteiger charge is -2.18. The van der Waals surface area contributed by atoms with Gasteiger partial charge >= 0.3 is 0 Å². The van der Waals surface area contributed by atoms with Gasteiger partial charge in [-0.1, -0.05) is 20.8 Å². The number of imidazole rings is 1. The van der Waals surface area contributed by atoms with E-state index in [0.29, 0.717) is 30.0 Å². The molecule has 7 heteroatoms. The third-order valence-electron chi connectivity index (χ3n) is 4.74. The minimum absolute atomic E-state index is 0.0461. The molecule has 0 radical (unpaired) electrons. The third-order valence-corrected chi connectivity index (χ3v) is 4.74. The van der Waals surface area contributed by atoms with Crippen LogP contribution in [-0.4, -0.2) is 32.7 Å². The second-order valence-electron chi connectivity index (χ2n) is 5.96. The minimum atomic E-state index is -0.0461. The molecule has 0 spiro atoms. The molecule has 2 aromatic heterocycles. The van der Waals surface area contributed by atoms with Crippen molar-refractivity contribution in [1.82, 2.24) is 19.5 Å². The van der Waals surface area contributed by atoms with Crippen molar-refractivity contribution in [3.63, 3.8) is 0 Å². The molecule has 0 saturated carbocycles. The molecule has 22 heavy (non-hydrogen) atoms. The standard InChI is InChI=1S/C15H24N6O/c1-5-10-8(2)9(3)15(22-10)21-7-18-12-13(17-4)19-11(6-16)20-14(12)21/h7-10,15H,5-6,16H2,1-4H3,(H,17,19,20)/t8-,9+,10+,15+/m0/s1. The zero-order valence-corrected chi connectivity index (χ0v) is 13.6. The van der Waals surface area contributed by atoms with Gasteiger partial charge in [0.2, 0.25) is 0 Å². The summed E-state index contributed by atoms with van der Waals surface area (Å²) < 4.78 is 8.27. The Morgan fingerprint density at radius 1 is 1.32 bits per heavy atom. The summed E-state index contributed by atoms with van der Waals surface area (Å²) in [5, 5.41) is 3.07. The summed E-state index contributed by atoms with van der Waals surface area (Å²) in [7, 11) is 1.82. The summed E-state index contributed by atoms with van der Waals surface area (Å²) in [5.74, 6) is 2.21. The molecular weight excluding hydrogens is 280 g/mol. The molecule has 3 N–H and O–H groups in total. The Kier molecular flexibility index (Phi) is 4.01. The molecule has 120 valence electrons. The minimum Gasteiger partial charge on any atom is -0.371 e. The van der Waals surface area contributed by atoms with E-state index in [-0.39, 0.29) is 12.3 Å². The molecule has 1 saturated heterocycles. The van der Waals surface area contributed by atoms with Crippen molar-refractivity contribution in [2.75, 3.05) is 12.4 Å². The van der Waals surface area contributed by atoms with Crippen molar-refractivity contribution in [2.24, 2.45) is 17.6 Å². The van der Waals surface area contributed by atoms with Gasteiger partial charge in [0.05, 0.1) is 19.0 Å². The molecule has 0 aliphatic carbocycles. The van der Waals surface area contributed by atoms with E-state index < -0.39 is 0 Å². The summed E-state index contributed by atoms with van der Waals surface area (Å²) in [6, 6.07) is 0. The summed E-state index contributed by atoms with van der Waals surface area (Å²) in [4.78, 5) is 13.4. The molecule has 0 aromatic carbocycles. The normalized spacial score (nSPS) is 28.4. The molecule has 0 bridgehead atoms. The molecule has 0 amide bonds. The first kappa shape index (κ1) is 15.2. The van der Waals surface area contributed by atoms with Gasteiger partial charge in [-0.2, -0.15) is 0 Å². The van der Waals surface area contributed by atoms with Gasteiger partial charge in [0, 0.05) is 13.0 Å². The smallest absolute Gasteiger partial charge is 0.167 e. The highest BCUT2D eigenvalue weighted by Gasteiger charge is 2.39. The van der Waals surface area contributed by atoms with Crippen molar-refractivity contribution >= 4 is 17.0 Å². The molecule has 4 atom stereocenters. The van der Waals surface area contributed by atoms with Gasteiger partial charge in [0.1, 0.15) is 12.1 Å². The maximum atomic E-state index is 6.25. The van der Waals surface area contributed by atoms with Gasteiger partial charge in [-0.3, -0.25) is 4.57 Å². The fourth-order valence-corrected chi connectivity index (χ4v) is 3.23. The summed E-state index contributed by atoms with van der Waals surface area (Å²) in [5.41, 5.74) is 7.25. The Morgan fingerprint density at radius 3 is 2.68 bits per heavy atom. The first-order valence-corrected chi connectivity index (χ1v) is 7.87. The van der Waals surface area contributed by atoms with E-state index in [9.17, 15) is 0 Å². The Morgan fingerprint density at radius 2 is 2.09 bits per heavy atom. The van der Waals surface area contributed by atoms with Crippen molar-refractivity contribution in [1.29, 1.82) is 0 Å². The predicted molar refractivity (Wildman–Crippen MR) is 85.3 cm³/mol. The first-order chi connectivity index (χ1) is 10.6. The lowest BCUT2D eigenvalue weighted by Crippen LogP contribution is -2.16. The lowest BCUT2D eigenvalue weighted by atomic mass is 9.91. The van der Waals surface area contributed by atoms with Crippen molar-refractivity contribution in [3.05, 3.63) is 12.2 Å². The molecule has 1 fully saturated rings. The van der Waals surface area contributed by atoms with Gasteiger partial charge in [-0.25, -0.2) is 15.0 Å². The second-order valence-corrected chi connectivity index (χ2v) is 5.96. The molecular formula is C15H24N6O. The lowest BCUT2D eigenvalue weighted by molar-refractivity contribution is -0.0120. The summed E-state index contributed by atoms with van der Waals surface area (Å²) >= 11 is 0. The largest absolute Gasteiger partial charge is 0.371 e. The molecule has 3 rings (SSSR count). The first-order valence-electron chi connectivity index (χ1n) is 7.87. The number of nitrogens with one attached hydrogen (secondary N) is 1. The van der Waals surface area contributed by atoms with Crippen LogP contribution >= 0.6 is 0 Å². The summed E-state index contributed by atoms with van der Waals surface area (Å²) in [6.45, 7) is 6.93. The van der Waals surface area contributed by atoms with E-state index in [4.69, 9.17) is 10.5 Å². The van der Waals surface area contributed by atoms with Crippen LogP contribution in [0.1, 0.15) is 39.2 Å². The number of hydrogen-bond donors (Lipinski definition) is 2. The molecule has 1 aliphatic rings. The predicted octanol–water partition coefficient (Wildman–Crippen LogP) is 1.91. The Balaban J connectivity index is 2.08. The van der Waals surface area contributed by atoms with Crippen molar-refractivity contribution < 1.29 is 4.74 Å². The molecule has 3 heterocycles. The van der Waals surface area contributed by atoms with Crippen LogP contribution in [-0.2, 0) is 11.3 Å². The van der Waals surface area contributed by atoms with Gasteiger partial charge in [0.25, 0.3) is 0 Å². The second kappa shape index (κ2) is 5.81. The van der Waals surface area contributed by atoms with Gasteiger partial charge < -0.3 is 15.8 Å². The number of aromatic nitrogens is 4. The number of nitrogens with two attached hydrogens (primary N) is 1. The highest BCUT2D eigenvalue weighted by molar-refractivity contribution is 5.83. The molecule has 2 aromatic rings. The maximum absolute atomic E-state index is 6.25. The van der Waals surface area contributed by atoms with Crippen LogP contribution in [0.15, 0.2) is 6.33 Å². The fourth-order valence-electron chi connectivity index (χ4n) is 3.23. The van der Waals surface area contributed by atoms with Gasteiger partial charge in [0.15, 0.2) is 17.0 Å². The average molecular weight is 304 g/mol. The number of ether oxygens (including phenoxy) is 1. The number of fused-ring (bicyclic) bond motifs is 1. The number of hydrogen-bond acceptors (Lipinski definition) is 6. The van der Waals surface area contributed by atoms with Crippen LogP contribution in [0.25, 0.3) is 11.2 Å². The number of anilines is 1. The van der Waals surface area contributed by atoms with E-state index in [1.165, 1.54) is 0 Å². The van der Waals surface area contributed by atoms with Crippen LogP contribution in [0.3, 0.4) is 0 Å². The van der Waals surface area contributed by atoms with Crippen molar-refractivity contribution in [3.8, 4) is 0 Å². The van der Waals surface area contributed by atoms with Crippen LogP contribution < -0.4 is 11.1 Å². The fraction of sp³-hybridized carbons (Fsp3) is 0.667. The molecule has 7 nitrogen and oxygen atoms in total. The van der Waals surface area contributed by atoms with E-state index in [0.717, 1.165) is 17.6 Å². The van der Waals surface area contributed by atoms with Gasteiger partial charge in [-0.05, 0) is 12.3 Å². The zero-order chi connectivity index (χ0) is 15.9. The monoisotopic (exact) mass is 304 g/mol. The van der Waals surface area contributed by atoms with Crippen LogP contribution in [0.5, 0.6) is 0 Å². The highest BCUT2D eigenvalue weighted by Crippen LogP contribution is 2.41. The number of rotatable bonds is 4. The Labute approximate surface area is 130 Å². The molecule has 1 aliphatic heterocycles. The van der Waals surface area contributed by atoms with E-state index in [1.54, 1.807) is 6.33 Å². The van der Waals surface area contributed by atoms with Crippen LogP contribution in [0, 0.1) is 11.8 Å². The SMILES string of the molecule is CC[C@H]1O[C@@H](n2cnc3c(NC)nc(CN)nc32)[C@H](C)[C@@H]1C.